The average Bonchev–Trinajstić information content (AvgIpc) is 3.31. The first-order chi connectivity index (χ1) is 17.8. The number of sulfonamides is 1. The molecule has 1 heterocycles. The zero-order chi connectivity index (χ0) is 27.7. The summed E-state index contributed by atoms with van der Waals surface area (Å²) in [5, 5.41) is 16.8. The molecule has 0 saturated heterocycles. The van der Waals surface area contributed by atoms with Gasteiger partial charge in [0.2, 0.25) is 0 Å². The van der Waals surface area contributed by atoms with Crippen molar-refractivity contribution < 1.29 is 26.5 Å². The Labute approximate surface area is 220 Å². The number of hydrogen-bond acceptors (Lipinski definition) is 6. The summed E-state index contributed by atoms with van der Waals surface area (Å²) < 4.78 is 69.1. The predicted molar refractivity (Wildman–Crippen MR) is 138 cm³/mol. The lowest BCUT2D eigenvalue weighted by Crippen LogP contribution is -2.34. The number of benzene rings is 3. The molecule has 0 radical (unpaired) electrons. The molecule has 0 bridgehead atoms. The van der Waals surface area contributed by atoms with Crippen molar-refractivity contribution in [3.63, 3.8) is 0 Å². The molecule has 2 N–H and O–H groups in total. The fourth-order valence-corrected chi connectivity index (χ4v) is 4.77. The Morgan fingerprint density at radius 2 is 1.61 bits per heavy atom. The minimum absolute atomic E-state index is 0.146. The molecule has 196 valence electrons. The molecule has 38 heavy (non-hydrogen) atoms. The van der Waals surface area contributed by atoms with Crippen LogP contribution in [0.15, 0.2) is 83.8 Å². The summed E-state index contributed by atoms with van der Waals surface area (Å²) in [5.41, 5.74) is 0.905. The van der Waals surface area contributed by atoms with Crippen molar-refractivity contribution in [2.45, 2.75) is 18.0 Å². The number of rotatable bonds is 6. The molecule has 0 spiro atoms. The average molecular weight is 562 g/mol. The summed E-state index contributed by atoms with van der Waals surface area (Å²) in [4.78, 5) is 9.98. The van der Waals surface area contributed by atoms with Gasteiger partial charge in [-0.25, -0.2) is 13.1 Å². The minimum atomic E-state index is -4.68. The lowest BCUT2D eigenvalue weighted by Gasteiger charge is -2.12. The van der Waals surface area contributed by atoms with Crippen LogP contribution in [0.3, 0.4) is 0 Å². The topological polar surface area (TPSA) is 119 Å². The first kappa shape index (κ1) is 26.8. The molecule has 4 aromatic rings. The number of nitrogens with one attached hydrogen (secondary N) is 2. The summed E-state index contributed by atoms with van der Waals surface area (Å²) in [7, 11) is -4.16. The molecule has 0 atom stereocenters. The monoisotopic (exact) mass is 561 g/mol. The third kappa shape index (κ3) is 5.98. The highest BCUT2D eigenvalue weighted by molar-refractivity contribution is 7.92. The van der Waals surface area contributed by atoms with Crippen molar-refractivity contribution >= 4 is 38.7 Å². The van der Waals surface area contributed by atoms with Crippen LogP contribution in [-0.4, -0.2) is 28.2 Å². The molecular formula is C24H18F3N5O4S2. The Morgan fingerprint density at radius 1 is 1.00 bits per heavy atom. The zero-order valence-corrected chi connectivity index (χ0v) is 21.1. The standard InChI is InChI=1S/C24H18F3N5O4S2/c1-15-2-4-16(5-3-15)21-14-22(24(25,26)27)29-31(21)18-10-12-20(13-11-18)38(35,36)30-23(37)28-17-6-8-19(9-7-17)32(33)34/h2-14H,1H3,(H2,28,30,37). The lowest BCUT2D eigenvalue weighted by atomic mass is 10.1. The molecule has 9 nitrogen and oxygen atoms in total. The van der Waals surface area contributed by atoms with Crippen molar-refractivity contribution in [2.75, 3.05) is 5.32 Å². The SMILES string of the molecule is Cc1ccc(-c2cc(C(F)(F)F)nn2-c2ccc(S(=O)(=O)NC(=S)Nc3ccc([N+](=O)[O-])cc3)cc2)cc1. The van der Waals surface area contributed by atoms with Crippen LogP contribution in [-0.2, 0) is 16.2 Å². The Morgan fingerprint density at radius 3 is 2.16 bits per heavy atom. The highest BCUT2D eigenvalue weighted by Crippen LogP contribution is 2.33. The summed E-state index contributed by atoms with van der Waals surface area (Å²) in [5.74, 6) is 0. The van der Waals surface area contributed by atoms with Gasteiger partial charge < -0.3 is 5.32 Å². The molecule has 0 aliphatic heterocycles. The Bertz CT molecular complexity index is 1600. The van der Waals surface area contributed by atoms with Gasteiger partial charge in [-0.05, 0) is 61.6 Å². The maximum absolute atomic E-state index is 13.4. The smallest absolute Gasteiger partial charge is 0.332 e. The summed E-state index contributed by atoms with van der Waals surface area (Å²) in [6.45, 7) is 1.85. The molecule has 4 rings (SSSR count). The van der Waals surface area contributed by atoms with Crippen LogP contribution in [0.5, 0.6) is 0 Å². The maximum Gasteiger partial charge on any atom is 0.435 e. The van der Waals surface area contributed by atoms with Crippen molar-refractivity contribution in [1.29, 1.82) is 0 Å². The molecule has 0 fully saturated rings. The second-order valence-corrected chi connectivity index (χ2v) is 10.1. The van der Waals surface area contributed by atoms with Gasteiger partial charge in [0.05, 0.1) is 21.2 Å². The third-order valence-corrected chi connectivity index (χ3v) is 7.00. The number of hydrogen-bond donors (Lipinski definition) is 2. The molecular weight excluding hydrogens is 543 g/mol. The van der Waals surface area contributed by atoms with Crippen LogP contribution in [0.2, 0.25) is 0 Å². The van der Waals surface area contributed by atoms with E-state index in [0.717, 1.165) is 16.3 Å². The van der Waals surface area contributed by atoms with E-state index in [1.807, 2.05) is 6.92 Å². The number of nitro groups is 1. The van der Waals surface area contributed by atoms with Crippen LogP contribution in [0, 0.1) is 17.0 Å². The number of nitro benzene ring substituents is 1. The number of thiocarbonyl (C=S) groups is 1. The first-order valence-electron chi connectivity index (χ1n) is 10.8. The van der Waals surface area contributed by atoms with Gasteiger partial charge in [-0.3, -0.25) is 14.8 Å². The van der Waals surface area contributed by atoms with E-state index in [4.69, 9.17) is 12.2 Å². The van der Waals surface area contributed by atoms with E-state index in [1.54, 1.807) is 24.3 Å². The second-order valence-electron chi connectivity index (χ2n) is 8.05. The molecule has 0 saturated carbocycles. The van der Waals surface area contributed by atoms with E-state index < -0.39 is 26.8 Å². The molecule has 14 heteroatoms. The van der Waals surface area contributed by atoms with Crippen LogP contribution in [0.4, 0.5) is 24.5 Å². The minimum Gasteiger partial charge on any atom is -0.332 e. The summed E-state index contributed by atoms with van der Waals surface area (Å²) in [6.07, 6.45) is -4.68. The first-order valence-corrected chi connectivity index (χ1v) is 12.7. The van der Waals surface area contributed by atoms with Crippen LogP contribution in [0.25, 0.3) is 16.9 Å². The van der Waals surface area contributed by atoms with E-state index in [0.29, 0.717) is 11.3 Å². The number of alkyl halides is 3. The number of nitrogens with zero attached hydrogens (tertiary/aromatic N) is 3. The van der Waals surface area contributed by atoms with E-state index in [2.05, 4.69) is 15.1 Å². The highest BCUT2D eigenvalue weighted by atomic mass is 32.2. The van der Waals surface area contributed by atoms with Gasteiger partial charge in [0, 0.05) is 23.4 Å². The Hall–Kier alpha value is -4.30. The Balaban J connectivity index is 1.57. The molecule has 0 amide bonds. The zero-order valence-electron chi connectivity index (χ0n) is 19.4. The molecule has 3 aromatic carbocycles. The summed E-state index contributed by atoms with van der Waals surface area (Å²) >= 11 is 5.03. The number of aromatic nitrogens is 2. The van der Waals surface area contributed by atoms with Gasteiger partial charge in [0.25, 0.3) is 15.7 Å². The summed E-state index contributed by atoms with van der Waals surface area (Å²) in [6, 6.07) is 18.0. The van der Waals surface area contributed by atoms with Gasteiger partial charge in [-0.15, -0.1) is 0 Å². The second kappa shape index (κ2) is 10.2. The molecule has 0 aliphatic rings. The van der Waals surface area contributed by atoms with E-state index in [1.165, 1.54) is 48.5 Å². The molecule has 0 aliphatic carbocycles. The van der Waals surface area contributed by atoms with Crippen molar-refractivity contribution in [1.82, 2.24) is 14.5 Å². The number of halogens is 3. The third-order valence-electron chi connectivity index (χ3n) is 5.30. The molecule has 0 unspecified atom stereocenters. The fourth-order valence-electron chi connectivity index (χ4n) is 3.42. The number of non-ortho nitro benzene ring substituents is 1. The van der Waals surface area contributed by atoms with Crippen molar-refractivity contribution in [2.24, 2.45) is 0 Å². The van der Waals surface area contributed by atoms with E-state index >= 15 is 0 Å². The quantitative estimate of drug-likeness (QED) is 0.183. The van der Waals surface area contributed by atoms with Crippen molar-refractivity contribution in [3.05, 3.63) is 100 Å². The molecule has 1 aromatic heterocycles. The number of anilines is 1. The number of aryl methyl sites for hydroxylation is 1. The van der Waals surface area contributed by atoms with Crippen molar-refractivity contribution in [3.8, 4) is 16.9 Å². The highest BCUT2D eigenvalue weighted by Gasteiger charge is 2.35. The lowest BCUT2D eigenvalue weighted by molar-refractivity contribution is -0.384. The van der Waals surface area contributed by atoms with Gasteiger partial charge in [0.15, 0.2) is 10.8 Å². The largest absolute Gasteiger partial charge is 0.435 e. The van der Waals surface area contributed by atoms with Gasteiger partial charge in [-0.1, -0.05) is 29.8 Å². The van der Waals surface area contributed by atoms with Gasteiger partial charge in [0.1, 0.15) is 0 Å². The maximum atomic E-state index is 13.4. The Kier molecular flexibility index (Phi) is 7.20. The van der Waals surface area contributed by atoms with Crippen LogP contribution in [0.1, 0.15) is 11.3 Å². The van der Waals surface area contributed by atoms with E-state index in [-0.39, 0.29) is 27.1 Å². The van der Waals surface area contributed by atoms with Crippen LogP contribution < -0.4 is 10.0 Å². The van der Waals surface area contributed by atoms with E-state index in [9.17, 15) is 31.7 Å². The normalized spacial score (nSPS) is 11.7. The predicted octanol–water partition coefficient (Wildman–Crippen LogP) is 5.45. The van der Waals surface area contributed by atoms with Gasteiger partial charge >= 0.3 is 6.18 Å². The fraction of sp³-hybridized carbons (Fsp3) is 0.0833. The van der Waals surface area contributed by atoms with Gasteiger partial charge in [-0.2, -0.15) is 18.3 Å². The van der Waals surface area contributed by atoms with Crippen LogP contribution >= 0.6 is 12.2 Å².